The predicted molar refractivity (Wildman–Crippen MR) is 70.0 cm³/mol. The first-order valence-electron chi connectivity index (χ1n) is 6.49. The van der Waals surface area contributed by atoms with E-state index in [1.54, 1.807) is 0 Å². The minimum absolute atomic E-state index is 0.0321. The Balaban J connectivity index is 2.28. The minimum atomic E-state index is -4.58. The molecule has 1 aliphatic heterocycles. The maximum atomic E-state index is 12.8. The second kappa shape index (κ2) is 5.43. The largest absolute Gasteiger partial charge is 0.451 e. The van der Waals surface area contributed by atoms with E-state index in [0.29, 0.717) is 24.9 Å². The minimum Gasteiger partial charge on any atom is -0.356 e. The molecule has 8 heteroatoms. The molecule has 2 heterocycles. The van der Waals surface area contributed by atoms with Gasteiger partial charge in [0.15, 0.2) is 0 Å². The summed E-state index contributed by atoms with van der Waals surface area (Å²) in [6.07, 6.45) is -3.63. The highest BCUT2D eigenvalue weighted by atomic mass is 19.4. The number of nitrogens with zero attached hydrogens (tertiary/aromatic N) is 3. The van der Waals surface area contributed by atoms with Gasteiger partial charge in [-0.05, 0) is 18.3 Å². The lowest BCUT2D eigenvalue weighted by atomic mass is 9.95. The number of aromatic nitrogens is 2. The fourth-order valence-electron chi connectivity index (χ4n) is 2.34. The Morgan fingerprint density at radius 1 is 1.40 bits per heavy atom. The Labute approximate surface area is 115 Å². The molecule has 0 spiro atoms. The number of alkyl halides is 3. The summed E-state index contributed by atoms with van der Waals surface area (Å²) in [6, 6.07) is 1.44. The molecule has 5 nitrogen and oxygen atoms in total. The number of hydrazine groups is 1. The van der Waals surface area contributed by atoms with Gasteiger partial charge in [0.25, 0.3) is 0 Å². The van der Waals surface area contributed by atoms with Crippen LogP contribution in [0.2, 0.25) is 0 Å². The first-order chi connectivity index (χ1) is 9.31. The Kier molecular flexibility index (Phi) is 4.03. The Hall–Kier alpha value is -1.57. The van der Waals surface area contributed by atoms with Gasteiger partial charge in [-0.25, -0.2) is 15.8 Å². The van der Waals surface area contributed by atoms with Crippen molar-refractivity contribution in [3.05, 3.63) is 11.9 Å². The Bertz CT molecular complexity index is 475. The van der Waals surface area contributed by atoms with Crippen molar-refractivity contribution in [2.45, 2.75) is 26.4 Å². The number of hydrogen-bond acceptors (Lipinski definition) is 5. The quantitative estimate of drug-likeness (QED) is 0.660. The van der Waals surface area contributed by atoms with Crippen LogP contribution in [0.25, 0.3) is 0 Å². The third-order valence-electron chi connectivity index (χ3n) is 3.61. The van der Waals surface area contributed by atoms with Crippen LogP contribution < -0.4 is 16.2 Å². The summed E-state index contributed by atoms with van der Waals surface area (Å²) < 4.78 is 38.3. The van der Waals surface area contributed by atoms with Crippen LogP contribution in [0.3, 0.4) is 0 Å². The molecule has 3 N–H and O–H groups in total. The second-order valence-electron chi connectivity index (χ2n) is 5.32. The van der Waals surface area contributed by atoms with Crippen molar-refractivity contribution in [1.29, 1.82) is 0 Å². The molecule has 0 bridgehead atoms. The second-order valence-corrected chi connectivity index (χ2v) is 5.32. The Morgan fingerprint density at radius 2 is 2.10 bits per heavy atom. The van der Waals surface area contributed by atoms with Crippen molar-refractivity contribution in [3.8, 4) is 0 Å². The summed E-state index contributed by atoms with van der Waals surface area (Å²) >= 11 is 0. The molecule has 1 aromatic heterocycles. The van der Waals surface area contributed by atoms with Crippen LogP contribution in [-0.4, -0.2) is 23.1 Å². The van der Waals surface area contributed by atoms with Crippen LogP contribution in [-0.2, 0) is 6.18 Å². The Morgan fingerprint density at radius 3 is 2.60 bits per heavy atom. The van der Waals surface area contributed by atoms with Crippen molar-refractivity contribution in [2.75, 3.05) is 23.4 Å². The topological polar surface area (TPSA) is 67.1 Å². The van der Waals surface area contributed by atoms with E-state index in [1.165, 1.54) is 6.07 Å². The van der Waals surface area contributed by atoms with Crippen LogP contribution in [0.1, 0.15) is 26.1 Å². The molecule has 0 aromatic carbocycles. The number of nitrogens with one attached hydrogen (secondary N) is 1. The van der Waals surface area contributed by atoms with Gasteiger partial charge >= 0.3 is 6.18 Å². The number of nitrogen functional groups attached to an aromatic ring is 1. The molecule has 0 radical (unpaired) electrons. The fraction of sp³-hybridized carbons (Fsp3) is 0.667. The molecule has 0 aliphatic carbocycles. The monoisotopic (exact) mass is 289 g/mol. The highest BCUT2D eigenvalue weighted by Gasteiger charge is 2.36. The summed E-state index contributed by atoms with van der Waals surface area (Å²) in [5.74, 6) is 5.21. The van der Waals surface area contributed by atoms with Gasteiger partial charge in [-0.2, -0.15) is 13.2 Å². The number of anilines is 2. The van der Waals surface area contributed by atoms with Gasteiger partial charge in [0.1, 0.15) is 11.6 Å². The van der Waals surface area contributed by atoms with Crippen molar-refractivity contribution in [1.82, 2.24) is 9.97 Å². The molecule has 2 rings (SSSR count). The lowest BCUT2D eigenvalue weighted by Crippen LogP contribution is -2.25. The summed E-state index contributed by atoms with van der Waals surface area (Å²) in [6.45, 7) is 5.63. The zero-order valence-electron chi connectivity index (χ0n) is 11.4. The van der Waals surface area contributed by atoms with Crippen molar-refractivity contribution < 1.29 is 13.2 Å². The molecule has 0 saturated carbocycles. The van der Waals surface area contributed by atoms with E-state index in [9.17, 15) is 13.2 Å². The predicted octanol–water partition coefficient (Wildman–Crippen LogP) is 2.26. The van der Waals surface area contributed by atoms with Gasteiger partial charge in [0, 0.05) is 19.2 Å². The van der Waals surface area contributed by atoms with E-state index in [2.05, 4.69) is 29.2 Å². The van der Waals surface area contributed by atoms with Crippen LogP contribution in [0.15, 0.2) is 6.07 Å². The van der Waals surface area contributed by atoms with E-state index in [4.69, 9.17) is 5.84 Å². The number of rotatable bonds is 3. The molecular formula is C12H18F3N5. The highest BCUT2D eigenvalue weighted by molar-refractivity contribution is 5.49. The van der Waals surface area contributed by atoms with Crippen LogP contribution in [0, 0.1) is 11.8 Å². The van der Waals surface area contributed by atoms with E-state index in [-0.39, 0.29) is 11.6 Å². The van der Waals surface area contributed by atoms with Crippen molar-refractivity contribution in [3.63, 3.8) is 0 Å². The molecule has 0 amide bonds. The maximum absolute atomic E-state index is 12.8. The van der Waals surface area contributed by atoms with Gasteiger partial charge < -0.3 is 10.3 Å². The number of nitrogens with two attached hydrogens (primary N) is 1. The lowest BCUT2D eigenvalue weighted by Gasteiger charge is -2.20. The third kappa shape index (κ3) is 3.12. The average molecular weight is 289 g/mol. The zero-order valence-corrected chi connectivity index (χ0v) is 11.4. The molecule has 112 valence electrons. The highest BCUT2D eigenvalue weighted by Crippen LogP contribution is 2.32. The van der Waals surface area contributed by atoms with Gasteiger partial charge in [-0.1, -0.05) is 13.8 Å². The molecular weight excluding hydrogens is 271 g/mol. The van der Waals surface area contributed by atoms with Crippen LogP contribution >= 0.6 is 0 Å². The molecule has 20 heavy (non-hydrogen) atoms. The summed E-state index contributed by atoms with van der Waals surface area (Å²) in [4.78, 5) is 8.82. The van der Waals surface area contributed by atoms with Gasteiger partial charge in [-0.15, -0.1) is 0 Å². The summed E-state index contributed by atoms with van der Waals surface area (Å²) in [5, 5.41) is 0. The van der Waals surface area contributed by atoms with Crippen LogP contribution in [0.5, 0.6) is 0 Å². The molecule has 1 fully saturated rings. The zero-order chi connectivity index (χ0) is 14.9. The number of halogens is 3. The SMILES string of the molecule is CC(C)C1CCN(c2cc(NN)nc(C(F)(F)F)n2)C1. The van der Waals surface area contributed by atoms with Crippen LogP contribution in [0.4, 0.5) is 24.8 Å². The first kappa shape index (κ1) is 14.8. The van der Waals surface area contributed by atoms with E-state index in [1.807, 2.05) is 4.90 Å². The smallest absolute Gasteiger partial charge is 0.356 e. The summed E-state index contributed by atoms with van der Waals surface area (Å²) in [5.41, 5.74) is 2.16. The fourth-order valence-corrected chi connectivity index (χ4v) is 2.34. The van der Waals surface area contributed by atoms with Crippen molar-refractivity contribution >= 4 is 11.6 Å². The molecule has 1 unspecified atom stereocenters. The normalized spacial score (nSPS) is 19.8. The standard InChI is InChI=1S/C12H18F3N5/c1-7(2)8-3-4-20(6-8)10-5-9(19-16)17-11(18-10)12(13,14)15/h5,7-8H,3-4,6,16H2,1-2H3,(H,17,18,19). The summed E-state index contributed by atoms with van der Waals surface area (Å²) in [7, 11) is 0. The molecule has 1 atom stereocenters. The van der Waals surface area contributed by atoms with E-state index >= 15 is 0 Å². The lowest BCUT2D eigenvalue weighted by molar-refractivity contribution is -0.144. The molecule has 1 aliphatic rings. The third-order valence-corrected chi connectivity index (χ3v) is 3.61. The molecule has 1 saturated heterocycles. The van der Waals surface area contributed by atoms with Gasteiger partial charge in [-0.3, -0.25) is 0 Å². The average Bonchev–Trinajstić information content (AvgIpc) is 2.87. The molecule has 1 aromatic rings. The first-order valence-corrected chi connectivity index (χ1v) is 6.49. The maximum Gasteiger partial charge on any atom is 0.451 e. The van der Waals surface area contributed by atoms with E-state index in [0.717, 1.165) is 6.42 Å². The van der Waals surface area contributed by atoms with Gasteiger partial charge in [0.05, 0.1) is 0 Å². The van der Waals surface area contributed by atoms with Crippen molar-refractivity contribution in [2.24, 2.45) is 17.7 Å². The van der Waals surface area contributed by atoms with Gasteiger partial charge in [0.2, 0.25) is 5.82 Å². The van der Waals surface area contributed by atoms with E-state index < -0.39 is 12.0 Å². The number of hydrogen-bond donors (Lipinski definition) is 2.